The minimum absolute atomic E-state index is 0.238. The minimum Gasteiger partial charge on any atom is -0.508 e. The second-order valence-corrected chi connectivity index (χ2v) is 4.02. The van der Waals surface area contributed by atoms with Crippen molar-refractivity contribution in [3.8, 4) is 5.75 Å². The third-order valence-corrected chi connectivity index (χ3v) is 2.73. The van der Waals surface area contributed by atoms with Gasteiger partial charge in [-0.25, -0.2) is 0 Å². The van der Waals surface area contributed by atoms with E-state index in [-0.39, 0.29) is 5.75 Å². The average molecular weight is 232 g/mol. The molecular formula is C13H16N2O2. The number of aromatic nitrogens is 2. The van der Waals surface area contributed by atoms with Gasteiger partial charge in [0.1, 0.15) is 5.75 Å². The molecule has 0 fully saturated rings. The number of phenolic OH excluding ortho intramolecular Hbond substituents is 1. The Hall–Kier alpha value is -1.81. The average Bonchev–Trinajstić information content (AvgIpc) is 2.81. The fraction of sp³-hybridized carbons (Fsp3) is 0.308. The third kappa shape index (κ3) is 2.85. The Labute approximate surface area is 100 Å². The monoisotopic (exact) mass is 232 g/mol. The van der Waals surface area contributed by atoms with E-state index in [1.165, 1.54) is 0 Å². The van der Waals surface area contributed by atoms with E-state index in [1.807, 2.05) is 25.3 Å². The summed E-state index contributed by atoms with van der Waals surface area (Å²) in [6.07, 6.45) is 3.51. The highest BCUT2D eigenvalue weighted by Gasteiger charge is 2.10. The second kappa shape index (κ2) is 5.01. The largest absolute Gasteiger partial charge is 0.508 e. The van der Waals surface area contributed by atoms with E-state index in [4.69, 9.17) is 5.11 Å². The first kappa shape index (κ1) is 11.7. The van der Waals surface area contributed by atoms with E-state index >= 15 is 0 Å². The topological polar surface area (TPSA) is 58.3 Å². The van der Waals surface area contributed by atoms with E-state index in [0.29, 0.717) is 6.42 Å². The van der Waals surface area contributed by atoms with Gasteiger partial charge >= 0.3 is 0 Å². The number of nitrogens with zero attached hydrogens (tertiary/aromatic N) is 2. The zero-order valence-corrected chi connectivity index (χ0v) is 9.74. The summed E-state index contributed by atoms with van der Waals surface area (Å²) in [5, 5.41) is 23.3. The quantitative estimate of drug-likeness (QED) is 0.846. The lowest BCUT2D eigenvalue weighted by atomic mass is 10.0. The van der Waals surface area contributed by atoms with Crippen LogP contribution in [0.2, 0.25) is 0 Å². The van der Waals surface area contributed by atoms with Crippen molar-refractivity contribution in [3.05, 3.63) is 47.8 Å². The van der Waals surface area contributed by atoms with E-state index in [1.54, 1.807) is 23.0 Å². The Bertz CT molecular complexity index is 476. The van der Waals surface area contributed by atoms with E-state index < -0.39 is 6.10 Å². The fourth-order valence-corrected chi connectivity index (χ4v) is 1.70. The van der Waals surface area contributed by atoms with Crippen LogP contribution in [0.3, 0.4) is 0 Å². The molecule has 1 aromatic heterocycles. The van der Waals surface area contributed by atoms with Gasteiger partial charge in [0, 0.05) is 24.7 Å². The summed E-state index contributed by atoms with van der Waals surface area (Å²) in [6.45, 7) is 2.80. The maximum atomic E-state index is 10.0. The number of rotatable bonds is 4. The van der Waals surface area contributed by atoms with Gasteiger partial charge in [-0.05, 0) is 24.6 Å². The molecule has 0 bridgehead atoms. The summed E-state index contributed by atoms with van der Waals surface area (Å²) in [6, 6.07) is 6.86. The van der Waals surface area contributed by atoms with Crippen LogP contribution in [0.15, 0.2) is 36.7 Å². The molecule has 0 aliphatic carbocycles. The van der Waals surface area contributed by atoms with Crippen LogP contribution < -0.4 is 0 Å². The number of hydrogen-bond acceptors (Lipinski definition) is 3. The highest BCUT2D eigenvalue weighted by Crippen LogP contribution is 2.19. The van der Waals surface area contributed by atoms with Gasteiger partial charge < -0.3 is 10.2 Å². The second-order valence-electron chi connectivity index (χ2n) is 4.02. The van der Waals surface area contributed by atoms with Crippen LogP contribution in [0.5, 0.6) is 5.75 Å². The molecule has 17 heavy (non-hydrogen) atoms. The maximum absolute atomic E-state index is 10.0. The van der Waals surface area contributed by atoms with Crippen molar-refractivity contribution < 1.29 is 10.2 Å². The van der Waals surface area contributed by atoms with E-state index in [2.05, 4.69) is 5.10 Å². The standard InChI is InChI=1S/C13H16N2O2/c1-2-15-9-11(8-14-15)13(17)7-10-3-5-12(16)6-4-10/h3-6,8-9,13,16-17H,2,7H2,1H3. The number of hydrogen-bond donors (Lipinski definition) is 2. The minimum atomic E-state index is -0.556. The first-order valence-electron chi connectivity index (χ1n) is 5.67. The smallest absolute Gasteiger partial charge is 0.115 e. The van der Waals surface area contributed by atoms with Crippen molar-refractivity contribution >= 4 is 0 Å². The van der Waals surface area contributed by atoms with Crippen LogP contribution in [0.4, 0.5) is 0 Å². The molecule has 0 amide bonds. The summed E-state index contributed by atoms with van der Waals surface area (Å²) in [4.78, 5) is 0. The lowest BCUT2D eigenvalue weighted by Crippen LogP contribution is -2.00. The highest BCUT2D eigenvalue weighted by atomic mass is 16.3. The van der Waals surface area contributed by atoms with Crippen molar-refractivity contribution in [2.24, 2.45) is 0 Å². The molecule has 2 rings (SSSR count). The number of benzene rings is 1. The number of aliphatic hydroxyl groups excluding tert-OH is 1. The van der Waals surface area contributed by atoms with Crippen molar-refractivity contribution in [1.82, 2.24) is 9.78 Å². The van der Waals surface area contributed by atoms with Crippen LogP contribution >= 0.6 is 0 Å². The molecule has 0 aliphatic heterocycles. The molecule has 1 unspecified atom stereocenters. The van der Waals surface area contributed by atoms with Crippen molar-refractivity contribution in [2.45, 2.75) is 26.0 Å². The van der Waals surface area contributed by atoms with Gasteiger partial charge in [0.05, 0.1) is 12.3 Å². The lowest BCUT2D eigenvalue weighted by Gasteiger charge is -2.08. The number of aromatic hydroxyl groups is 1. The SMILES string of the molecule is CCn1cc(C(O)Cc2ccc(O)cc2)cn1. The highest BCUT2D eigenvalue weighted by molar-refractivity contribution is 5.27. The molecule has 0 radical (unpaired) electrons. The molecule has 90 valence electrons. The molecule has 0 aliphatic rings. The van der Waals surface area contributed by atoms with Crippen LogP contribution in [-0.2, 0) is 13.0 Å². The Balaban J connectivity index is 2.05. The first-order chi connectivity index (χ1) is 8.19. The Kier molecular flexibility index (Phi) is 3.44. The third-order valence-electron chi connectivity index (χ3n) is 2.73. The summed E-state index contributed by atoms with van der Waals surface area (Å²) in [5.41, 5.74) is 1.81. The predicted molar refractivity (Wildman–Crippen MR) is 64.7 cm³/mol. The maximum Gasteiger partial charge on any atom is 0.115 e. The van der Waals surface area contributed by atoms with E-state index in [9.17, 15) is 5.11 Å². The van der Waals surface area contributed by atoms with Crippen molar-refractivity contribution in [2.75, 3.05) is 0 Å². The molecule has 2 N–H and O–H groups in total. The summed E-state index contributed by atoms with van der Waals surface area (Å²) >= 11 is 0. The first-order valence-corrected chi connectivity index (χ1v) is 5.67. The van der Waals surface area contributed by atoms with Gasteiger partial charge in [-0.15, -0.1) is 0 Å². The Morgan fingerprint density at radius 1 is 1.29 bits per heavy atom. The lowest BCUT2D eigenvalue weighted by molar-refractivity contribution is 0.178. The van der Waals surface area contributed by atoms with Gasteiger partial charge in [0.15, 0.2) is 0 Å². The summed E-state index contributed by atoms with van der Waals surface area (Å²) < 4.78 is 1.79. The molecule has 0 saturated heterocycles. The van der Waals surface area contributed by atoms with Gasteiger partial charge in [-0.3, -0.25) is 4.68 Å². The number of aliphatic hydroxyl groups is 1. The van der Waals surface area contributed by atoms with Crippen LogP contribution in [0.25, 0.3) is 0 Å². The van der Waals surface area contributed by atoms with Crippen LogP contribution in [0, 0.1) is 0 Å². The molecule has 1 atom stereocenters. The summed E-state index contributed by atoms with van der Waals surface area (Å²) in [7, 11) is 0. The molecule has 4 nitrogen and oxygen atoms in total. The van der Waals surface area contributed by atoms with Crippen molar-refractivity contribution in [3.63, 3.8) is 0 Å². The number of aryl methyl sites for hydroxylation is 1. The molecule has 1 aromatic carbocycles. The van der Waals surface area contributed by atoms with Crippen molar-refractivity contribution in [1.29, 1.82) is 0 Å². The zero-order valence-electron chi connectivity index (χ0n) is 9.74. The number of phenols is 1. The zero-order chi connectivity index (χ0) is 12.3. The van der Waals surface area contributed by atoms with Gasteiger partial charge in [0.2, 0.25) is 0 Å². The van der Waals surface area contributed by atoms with E-state index in [0.717, 1.165) is 17.7 Å². The molecular weight excluding hydrogens is 216 g/mol. The fourth-order valence-electron chi connectivity index (χ4n) is 1.70. The Morgan fingerprint density at radius 3 is 2.59 bits per heavy atom. The normalized spacial score (nSPS) is 12.6. The van der Waals surface area contributed by atoms with Crippen LogP contribution in [-0.4, -0.2) is 20.0 Å². The van der Waals surface area contributed by atoms with Gasteiger partial charge in [0.25, 0.3) is 0 Å². The molecule has 0 spiro atoms. The van der Waals surface area contributed by atoms with Crippen LogP contribution in [0.1, 0.15) is 24.2 Å². The predicted octanol–water partition coefficient (Wildman–Crippen LogP) is 1.88. The van der Waals surface area contributed by atoms with Gasteiger partial charge in [-0.2, -0.15) is 5.10 Å². The molecule has 1 heterocycles. The molecule has 2 aromatic rings. The molecule has 4 heteroatoms. The molecule has 0 saturated carbocycles. The Morgan fingerprint density at radius 2 is 2.00 bits per heavy atom. The van der Waals surface area contributed by atoms with Gasteiger partial charge in [-0.1, -0.05) is 12.1 Å². The summed E-state index contributed by atoms with van der Waals surface area (Å²) in [5.74, 6) is 0.238.